The molecule has 8 heteroatoms. The van der Waals surface area contributed by atoms with E-state index in [1.807, 2.05) is 0 Å². The normalized spacial score (nSPS) is 11.5. The fraction of sp³-hybridized carbons (Fsp3) is 0.357. The van der Waals surface area contributed by atoms with Crippen LogP contribution < -0.4 is 5.32 Å². The lowest BCUT2D eigenvalue weighted by atomic mass is 10.2. The molecule has 0 fully saturated rings. The van der Waals surface area contributed by atoms with E-state index in [0.29, 0.717) is 15.5 Å². The van der Waals surface area contributed by atoms with E-state index < -0.39 is 17.7 Å². The van der Waals surface area contributed by atoms with Gasteiger partial charge in [0.15, 0.2) is 0 Å². The van der Waals surface area contributed by atoms with Crippen molar-refractivity contribution >= 4 is 45.0 Å². The fourth-order valence-corrected chi connectivity index (χ4v) is 2.64. The van der Waals surface area contributed by atoms with E-state index in [9.17, 15) is 9.59 Å². The predicted octanol–water partition coefficient (Wildman–Crippen LogP) is 3.38. The lowest BCUT2D eigenvalue weighted by Gasteiger charge is -2.19. The first kappa shape index (κ1) is 16.3. The summed E-state index contributed by atoms with van der Waals surface area (Å²) in [5.74, 6) is -0.776. The number of rotatable bonds is 2. The Labute approximate surface area is 135 Å². The lowest BCUT2D eigenvalue weighted by molar-refractivity contribution is 0.0632. The molecule has 0 aliphatic rings. The number of amides is 1. The number of carboxylic acid groups (broad SMARTS) is 1. The molecule has 118 valence electrons. The number of imidazole rings is 1. The summed E-state index contributed by atoms with van der Waals surface area (Å²) in [5.41, 5.74) is 0.629. The number of ether oxygens (including phenoxy) is 1. The van der Waals surface area contributed by atoms with Gasteiger partial charge in [0, 0.05) is 11.5 Å². The van der Waals surface area contributed by atoms with Crippen LogP contribution in [0.4, 0.5) is 10.7 Å². The maximum atomic E-state index is 11.8. The third kappa shape index (κ3) is 3.38. The molecule has 1 aromatic carbocycles. The zero-order valence-corrected chi connectivity index (χ0v) is 14.2. The van der Waals surface area contributed by atoms with E-state index in [4.69, 9.17) is 9.84 Å². The van der Waals surface area contributed by atoms with Crippen LogP contribution in [0.15, 0.2) is 16.6 Å². The summed E-state index contributed by atoms with van der Waals surface area (Å²) in [6, 6.07) is 2.94. The molecule has 1 heterocycles. The number of carboxylic acids is 1. The number of fused-ring (bicyclic) bond motifs is 1. The Morgan fingerprint density at radius 1 is 1.36 bits per heavy atom. The minimum Gasteiger partial charge on any atom is -0.478 e. The van der Waals surface area contributed by atoms with Crippen molar-refractivity contribution in [2.75, 3.05) is 5.32 Å². The molecule has 0 unspecified atom stereocenters. The van der Waals surface area contributed by atoms with Gasteiger partial charge in [0.2, 0.25) is 5.95 Å². The van der Waals surface area contributed by atoms with Crippen LogP contribution in [0, 0.1) is 0 Å². The number of nitrogens with zero attached hydrogens (tertiary/aromatic N) is 2. The number of anilines is 1. The number of aromatic nitrogens is 2. The van der Waals surface area contributed by atoms with Gasteiger partial charge in [0.1, 0.15) is 5.60 Å². The summed E-state index contributed by atoms with van der Waals surface area (Å²) < 4.78 is 7.40. The van der Waals surface area contributed by atoms with Gasteiger partial charge in [0.05, 0.1) is 16.6 Å². The number of carbonyl (C=O) groups excluding carboxylic acids is 1. The second-order valence-corrected chi connectivity index (χ2v) is 6.61. The molecule has 2 aromatic rings. The van der Waals surface area contributed by atoms with Gasteiger partial charge in [-0.3, -0.25) is 5.32 Å². The monoisotopic (exact) mass is 369 g/mol. The van der Waals surface area contributed by atoms with E-state index >= 15 is 0 Å². The summed E-state index contributed by atoms with van der Waals surface area (Å²) in [6.45, 7) is 5.28. The molecule has 2 N–H and O–H groups in total. The Hall–Kier alpha value is -2.09. The summed E-state index contributed by atoms with van der Waals surface area (Å²) >= 11 is 3.33. The third-order valence-electron chi connectivity index (χ3n) is 2.78. The second kappa shape index (κ2) is 5.60. The number of carbonyl (C=O) groups is 2. The Morgan fingerprint density at radius 2 is 2.00 bits per heavy atom. The summed E-state index contributed by atoms with van der Waals surface area (Å²) in [5, 5.41) is 11.6. The van der Waals surface area contributed by atoms with Crippen LogP contribution >= 0.6 is 15.9 Å². The molecule has 0 radical (unpaired) electrons. The molecule has 0 aliphatic carbocycles. The van der Waals surface area contributed by atoms with Crippen LogP contribution in [0.3, 0.4) is 0 Å². The minimum atomic E-state index is -1.05. The highest BCUT2D eigenvalue weighted by atomic mass is 79.9. The Morgan fingerprint density at radius 3 is 2.55 bits per heavy atom. The number of hydrogen-bond donors (Lipinski definition) is 2. The third-order valence-corrected chi connectivity index (χ3v) is 3.39. The van der Waals surface area contributed by atoms with Gasteiger partial charge in [-0.2, -0.15) is 0 Å². The Bertz CT molecular complexity index is 762. The molecule has 0 bridgehead atoms. The van der Waals surface area contributed by atoms with Crippen molar-refractivity contribution in [2.24, 2.45) is 7.05 Å². The highest BCUT2D eigenvalue weighted by Gasteiger charge is 2.20. The van der Waals surface area contributed by atoms with Crippen LogP contribution in [-0.4, -0.2) is 32.3 Å². The van der Waals surface area contributed by atoms with Gasteiger partial charge in [-0.1, -0.05) is 0 Å². The van der Waals surface area contributed by atoms with Crippen molar-refractivity contribution < 1.29 is 19.4 Å². The van der Waals surface area contributed by atoms with Crippen LogP contribution in [0.2, 0.25) is 0 Å². The van der Waals surface area contributed by atoms with Gasteiger partial charge in [-0.15, -0.1) is 0 Å². The van der Waals surface area contributed by atoms with Gasteiger partial charge in [0.25, 0.3) is 0 Å². The molecule has 1 amide bonds. The van der Waals surface area contributed by atoms with Crippen LogP contribution in [-0.2, 0) is 11.8 Å². The number of aryl methyl sites for hydroxylation is 1. The molecule has 2 rings (SSSR count). The molecular weight excluding hydrogens is 354 g/mol. The lowest BCUT2D eigenvalue weighted by Crippen LogP contribution is -2.28. The van der Waals surface area contributed by atoms with Crippen molar-refractivity contribution in [3.63, 3.8) is 0 Å². The van der Waals surface area contributed by atoms with Crippen LogP contribution in [0.25, 0.3) is 11.0 Å². The minimum absolute atomic E-state index is 0.112. The Balaban J connectivity index is 2.40. The van der Waals surface area contributed by atoms with Crippen molar-refractivity contribution in [1.29, 1.82) is 0 Å². The zero-order valence-electron chi connectivity index (χ0n) is 12.6. The van der Waals surface area contributed by atoms with E-state index in [2.05, 4.69) is 26.2 Å². The van der Waals surface area contributed by atoms with E-state index in [1.165, 1.54) is 12.1 Å². The van der Waals surface area contributed by atoms with Gasteiger partial charge >= 0.3 is 12.1 Å². The molecule has 0 spiro atoms. The summed E-state index contributed by atoms with van der Waals surface area (Å²) in [4.78, 5) is 27.1. The van der Waals surface area contributed by atoms with E-state index in [1.54, 1.807) is 32.4 Å². The first-order chi connectivity index (χ1) is 10.1. The molecule has 1 aromatic heterocycles. The topological polar surface area (TPSA) is 93.5 Å². The van der Waals surface area contributed by atoms with Gasteiger partial charge in [-0.05, 0) is 48.8 Å². The zero-order chi connectivity index (χ0) is 16.7. The van der Waals surface area contributed by atoms with Crippen molar-refractivity contribution in [2.45, 2.75) is 26.4 Å². The molecule has 7 nitrogen and oxygen atoms in total. The number of aromatic carboxylic acids is 1. The first-order valence-electron chi connectivity index (χ1n) is 6.48. The molecular formula is C14H16BrN3O4. The fourth-order valence-electron chi connectivity index (χ4n) is 1.93. The van der Waals surface area contributed by atoms with Gasteiger partial charge < -0.3 is 14.4 Å². The maximum Gasteiger partial charge on any atom is 0.414 e. The van der Waals surface area contributed by atoms with E-state index in [-0.39, 0.29) is 11.5 Å². The molecule has 0 saturated heterocycles. The van der Waals surface area contributed by atoms with E-state index in [0.717, 1.165) is 0 Å². The maximum absolute atomic E-state index is 11.8. The quantitative estimate of drug-likeness (QED) is 0.845. The largest absolute Gasteiger partial charge is 0.478 e. The smallest absolute Gasteiger partial charge is 0.414 e. The highest BCUT2D eigenvalue weighted by Crippen LogP contribution is 2.28. The molecule has 0 aliphatic heterocycles. The number of halogens is 1. The number of nitrogens with one attached hydrogen (secondary N) is 1. The predicted molar refractivity (Wildman–Crippen MR) is 85.2 cm³/mol. The molecule has 22 heavy (non-hydrogen) atoms. The van der Waals surface area contributed by atoms with Crippen molar-refractivity contribution in [3.05, 3.63) is 22.2 Å². The summed E-state index contributed by atoms with van der Waals surface area (Å²) in [6.07, 6.45) is -0.625. The van der Waals surface area contributed by atoms with Crippen LogP contribution in [0.1, 0.15) is 31.1 Å². The molecule has 0 saturated carbocycles. The number of hydrogen-bond acceptors (Lipinski definition) is 4. The average Bonchev–Trinajstić information content (AvgIpc) is 2.63. The first-order valence-corrected chi connectivity index (χ1v) is 7.27. The highest BCUT2D eigenvalue weighted by molar-refractivity contribution is 9.10. The number of benzene rings is 1. The standard InChI is InChI=1S/C14H16BrN3O4/c1-14(2,3)22-13(21)17-12-16-9-6-7(11(19)20)5-8(15)10(9)18(12)4/h5-6H,1-4H3,(H,19,20)(H,16,17,21). The summed E-state index contributed by atoms with van der Waals surface area (Å²) in [7, 11) is 1.72. The van der Waals surface area contributed by atoms with Crippen molar-refractivity contribution in [1.82, 2.24) is 9.55 Å². The molecule has 0 atom stereocenters. The van der Waals surface area contributed by atoms with Crippen molar-refractivity contribution in [3.8, 4) is 0 Å². The average molecular weight is 370 g/mol. The van der Waals surface area contributed by atoms with Crippen LogP contribution in [0.5, 0.6) is 0 Å². The second-order valence-electron chi connectivity index (χ2n) is 5.75. The SMILES string of the molecule is Cn1c(NC(=O)OC(C)(C)C)nc2cc(C(=O)O)cc(Br)c21. The Kier molecular flexibility index (Phi) is 4.15. The van der Waals surface area contributed by atoms with Gasteiger partial charge in [-0.25, -0.2) is 14.6 Å².